The van der Waals surface area contributed by atoms with Gasteiger partial charge >= 0.3 is 5.97 Å². The molecule has 1 aromatic carbocycles. The summed E-state index contributed by atoms with van der Waals surface area (Å²) in [4.78, 5) is 27.9. The predicted molar refractivity (Wildman–Crippen MR) is 93.5 cm³/mol. The molecule has 5 nitrogen and oxygen atoms in total. The number of fused-ring (bicyclic) bond motifs is 1. The molecule has 1 heterocycles. The van der Waals surface area contributed by atoms with E-state index >= 15 is 0 Å². The number of nitrogens with zero attached hydrogens (tertiary/aromatic N) is 1. The second-order valence-corrected chi connectivity index (χ2v) is 7.64. The predicted octanol–water partition coefficient (Wildman–Crippen LogP) is 4.12. The quantitative estimate of drug-likeness (QED) is 0.771. The molecular weight excluding hydrogens is 380 g/mol. The van der Waals surface area contributed by atoms with E-state index in [2.05, 4.69) is 26.2 Å². The van der Waals surface area contributed by atoms with E-state index in [1.54, 1.807) is 0 Å². The Morgan fingerprint density at radius 1 is 1.35 bits per heavy atom. The lowest BCUT2D eigenvalue weighted by atomic mass is 10.1. The number of benzene rings is 1. The maximum Gasteiger partial charge on any atom is 0.306 e. The summed E-state index contributed by atoms with van der Waals surface area (Å²) in [5, 5.41) is 3.18. The molecule has 0 spiro atoms. The smallest absolute Gasteiger partial charge is 0.306 e. The Balaban J connectivity index is 1.48. The molecule has 0 bridgehead atoms. The van der Waals surface area contributed by atoms with E-state index in [9.17, 15) is 9.59 Å². The van der Waals surface area contributed by atoms with Crippen LogP contribution >= 0.6 is 27.3 Å². The fraction of sp³-hybridized carbons (Fsp3) is 0.438. The normalized spacial score (nSPS) is 15.0. The summed E-state index contributed by atoms with van der Waals surface area (Å²) in [6.45, 7) is -0.259. The highest BCUT2D eigenvalue weighted by molar-refractivity contribution is 9.10. The van der Waals surface area contributed by atoms with Crippen LogP contribution in [0, 0.1) is 5.92 Å². The molecule has 0 aliphatic heterocycles. The minimum atomic E-state index is -0.358. The van der Waals surface area contributed by atoms with Gasteiger partial charge in [0.05, 0.1) is 10.2 Å². The van der Waals surface area contributed by atoms with Crippen LogP contribution in [-0.2, 0) is 14.3 Å². The van der Waals surface area contributed by atoms with Gasteiger partial charge in [-0.15, -0.1) is 0 Å². The van der Waals surface area contributed by atoms with Crippen LogP contribution in [-0.4, -0.2) is 23.5 Å². The number of rotatable bonds is 5. The van der Waals surface area contributed by atoms with Crippen LogP contribution < -0.4 is 5.32 Å². The Morgan fingerprint density at radius 3 is 2.91 bits per heavy atom. The molecule has 1 saturated carbocycles. The Bertz CT molecular complexity index is 725. The summed E-state index contributed by atoms with van der Waals surface area (Å²) in [7, 11) is 0. The van der Waals surface area contributed by atoms with E-state index in [1.807, 2.05) is 18.2 Å². The molecule has 0 atom stereocenters. The Morgan fingerprint density at radius 2 is 2.13 bits per heavy atom. The Labute approximate surface area is 146 Å². The number of hydrogen-bond acceptors (Lipinski definition) is 5. The number of amides is 1. The number of aromatic nitrogens is 1. The van der Waals surface area contributed by atoms with Crippen LogP contribution in [0.4, 0.5) is 5.13 Å². The van der Waals surface area contributed by atoms with Crippen molar-refractivity contribution in [3.8, 4) is 0 Å². The van der Waals surface area contributed by atoms with Crippen LogP contribution in [0.1, 0.15) is 32.1 Å². The first-order valence-electron chi connectivity index (χ1n) is 7.62. The van der Waals surface area contributed by atoms with Gasteiger partial charge in [0, 0.05) is 10.9 Å². The maximum atomic E-state index is 11.9. The lowest BCUT2D eigenvalue weighted by Gasteiger charge is -2.08. The summed E-state index contributed by atoms with van der Waals surface area (Å²) in [5.41, 5.74) is 0.826. The van der Waals surface area contributed by atoms with E-state index in [-0.39, 0.29) is 18.5 Å². The Kier molecular flexibility index (Phi) is 5.27. The fourth-order valence-electron chi connectivity index (χ4n) is 2.76. The molecule has 3 rings (SSSR count). The molecule has 1 amide bonds. The molecule has 1 aliphatic carbocycles. The largest absolute Gasteiger partial charge is 0.456 e. The maximum absolute atomic E-state index is 11.9. The van der Waals surface area contributed by atoms with Crippen molar-refractivity contribution in [3.63, 3.8) is 0 Å². The van der Waals surface area contributed by atoms with Gasteiger partial charge in [-0.1, -0.05) is 40.1 Å². The number of nitrogens with one attached hydrogen (secondary N) is 1. The third-order valence-electron chi connectivity index (χ3n) is 3.89. The van der Waals surface area contributed by atoms with E-state index < -0.39 is 0 Å². The van der Waals surface area contributed by atoms with Gasteiger partial charge in [-0.25, -0.2) is 4.98 Å². The minimum Gasteiger partial charge on any atom is -0.456 e. The molecule has 0 unspecified atom stereocenters. The van der Waals surface area contributed by atoms with Crippen LogP contribution in [0.25, 0.3) is 10.2 Å². The van der Waals surface area contributed by atoms with Crippen molar-refractivity contribution in [2.24, 2.45) is 5.92 Å². The van der Waals surface area contributed by atoms with E-state index in [4.69, 9.17) is 4.74 Å². The topological polar surface area (TPSA) is 68.3 Å². The zero-order valence-electron chi connectivity index (χ0n) is 12.5. The lowest BCUT2D eigenvalue weighted by molar-refractivity contribution is -0.148. The summed E-state index contributed by atoms with van der Waals surface area (Å²) in [5.74, 6) is -0.226. The van der Waals surface area contributed by atoms with Gasteiger partial charge in [0.25, 0.3) is 5.91 Å². The van der Waals surface area contributed by atoms with Gasteiger partial charge in [-0.2, -0.15) is 0 Å². The average molecular weight is 397 g/mol. The monoisotopic (exact) mass is 396 g/mol. The van der Waals surface area contributed by atoms with Crippen molar-refractivity contribution < 1.29 is 14.3 Å². The van der Waals surface area contributed by atoms with Gasteiger partial charge in [0.15, 0.2) is 11.7 Å². The van der Waals surface area contributed by atoms with Crippen molar-refractivity contribution >= 4 is 54.5 Å². The molecule has 2 aromatic rings. The number of carbonyl (C=O) groups is 2. The number of thiazole rings is 1. The third-order valence-corrected chi connectivity index (χ3v) is 5.32. The first-order chi connectivity index (χ1) is 11.1. The van der Waals surface area contributed by atoms with Gasteiger partial charge < -0.3 is 4.74 Å². The van der Waals surface area contributed by atoms with Gasteiger partial charge in [0.2, 0.25) is 0 Å². The number of hydrogen-bond donors (Lipinski definition) is 1. The van der Waals surface area contributed by atoms with Crippen molar-refractivity contribution in [2.45, 2.75) is 32.1 Å². The highest BCUT2D eigenvalue weighted by Gasteiger charge is 2.20. The SMILES string of the molecule is O=C(COC(=O)CC1CCCC1)Nc1nc2ccc(Br)cc2s1. The van der Waals surface area contributed by atoms with Crippen molar-refractivity contribution in [3.05, 3.63) is 22.7 Å². The van der Waals surface area contributed by atoms with Crippen molar-refractivity contribution in [2.75, 3.05) is 11.9 Å². The number of anilines is 1. The third kappa shape index (κ3) is 4.51. The Hall–Kier alpha value is -1.47. The highest BCUT2D eigenvalue weighted by atomic mass is 79.9. The first-order valence-corrected chi connectivity index (χ1v) is 9.22. The van der Waals surface area contributed by atoms with Gasteiger partial charge in [0.1, 0.15) is 0 Å². The summed E-state index contributed by atoms with van der Waals surface area (Å²) >= 11 is 4.79. The summed E-state index contributed by atoms with van der Waals surface area (Å²) < 4.78 is 6.99. The van der Waals surface area contributed by atoms with Crippen molar-refractivity contribution in [1.29, 1.82) is 0 Å². The minimum absolute atomic E-state index is 0.259. The standard InChI is InChI=1S/C16H17BrN2O3S/c17-11-5-6-12-13(8-11)23-16(18-12)19-14(20)9-22-15(21)7-10-3-1-2-4-10/h5-6,8,10H,1-4,7,9H2,(H,18,19,20). The molecular formula is C16H17BrN2O3S. The van der Waals surface area contributed by atoms with Gasteiger partial charge in [-0.3, -0.25) is 14.9 Å². The molecule has 1 aromatic heterocycles. The van der Waals surface area contributed by atoms with Crippen LogP contribution in [0.3, 0.4) is 0 Å². The molecule has 1 aliphatic rings. The number of halogens is 1. The molecule has 122 valence electrons. The second-order valence-electron chi connectivity index (χ2n) is 5.69. The van der Waals surface area contributed by atoms with Crippen LogP contribution in [0.5, 0.6) is 0 Å². The highest BCUT2D eigenvalue weighted by Crippen LogP contribution is 2.29. The first kappa shape index (κ1) is 16.4. The van der Waals surface area contributed by atoms with Crippen molar-refractivity contribution in [1.82, 2.24) is 4.98 Å². The van der Waals surface area contributed by atoms with E-state index in [0.29, 0.717) is 17.5 Å². The average Bonchev–Trinajstić information content (AvgIpc) is 3.13. The number of esters is 1. The molecule has 1 fully saturated rings. The zero-order chi connectivity index (χ0) is 16.2. The molecule has 0 saturated heterocycles. The zero-order valence-corrected chi connectivity index (χ0v) is 14.9. The summed E-state index contributed by atoms with van der Waals surface area (Å²) in [6.07, 6.45) is 4.96. The van der Waals surface area contributed by atoms with Crippen LogP contribution in [0.2, 0.25) is 0 Å². The number of carbonyl (C=O) groups excluding carboxylic acids is 2. The summed E-state index contributed by atoms with van der Waals surface area (Å²) in [6, 6.07) is 5.73. The molecule has 23 heavy (non-hydrogen) atoms. The number of ether oxygens (including phenoxy) is 1. The second kappa shape index (κ2) is 7.40. The molecule has 0 radical (unpaired) electrons. The molecule has 1 N–H and O–H groups in total. The fourth-order valence-corrected chi connectivity index (χ4v) is 4.20. The lowest BCUT2D eigenvalue weighted by Crippen LogP contribution is -2.21. The molecule has 7 heteroatoms. The van der Waals surface area contributed by atoms with Crippen LogP contribution in [0.15, 0.2) is 22.7 Å². The van der Waals surface area contributed by atoms with E-state index in [0.717, 1.165) is 27.5 Å². The van der Waals surface area contributed by atoms with Gasteiger partial charge in [-0.05, 0) is 37.0 Å². The van der Waals surface area contributed by atoms with E-state index in [1.165, 1.54) is 24.2 Å².